The normalized spacial score (nSPS) is 9.90. The Morgan fingerprint density at radius 3 is 2.76 bits per heavy atom. The number of hydrogen-bond donors (Lipinski definition) is 2. The van der Waals surface area contributed by atoms with Gasteiger partial charge in [0.2, 0.25) is 5.91 Å². The Bertz CT molecular complexity index is 746. The smallest absolute Gasteiger partial charge is 0.352 e. The van der Waals surface area contributed by atoms with E-state index in [-0.39, 0.29) is 23.5 Å². The van der Waals surface area contributed by atoms with Crippen LogP contribution in [0.5, 0.6) is 0 Å². The van der Waals surface area contributed by atoms with Crippen LogP contribution in [0.2, 0.25) is 0 Å². The van der Waals surface area contributed by atoms with E-state index >= 15 is 0 Å². The Balaban J connectivity index is 2.16. The topological polar surface area (TPSA) is 95.1 Å². The van der Waals surface area contributed by atoms with E-state index < -0.39 is 17.7 Å². The van der Waals surface area contributed by atoms with Crippen LogP contribution >= 0.6 is 0 Å². The van der Waals surface area contributed by atoms with Crippen molar-refractivity contribution in [2.75, 3.05) is 5.32 Å². The van der Waals surface area contributed by atoms with Crippen LogP contribution in [-0.2, 0) is 11.3 Å². The van der Waals surface area contributed by atoms with Crippen molar-refractivity contribution >= 4 is 17.6 Å². The lowest BCUT2D eigenvalue weighted by atomic mass is 10.2. The molecule has 2 rings (SSSR count). The Kier molecular flexibility index (Phi) is 4.00. The highest BCUT2D eigenvalue weighted by Gasteiger charge is 2.14. The second kappa shape index (κ2) is 5.88. The highest BCUT2D eigenvalue weighted by atomic mass is 19.1. The molecule has 0 atom stereocenters. The monoisotopic (exact) mass is 287 g/mol. The number of nitrogens with zero attached hydrogens (tertiary/aromatic N) is 2. The lowest BCUT2D eigenvalue weighted by Gasteiger charge is -2.09. The van der Waals surface area contributed by atoms with Crippen molar-refractivity contribution in [1.29, 1.82) is 5.26 Å². The molecule has 106 valence electrons. The second-order valence-electron chi connectivity index (χ2n) is 4.15. The Morgan fingerprint density at radius 1 is 1.33 bits per heavy atom. The van der Waals surface area contributed by atoms with E-state index in [1.165, 1.54) is 35.0 Å². The molecule has 1 aromatic heterocycles. The van der Waals surface area contributed by atoms with E-state index in [0.717, 1.165) is 6.07 Å². The summed E-state index contributed by atoms with van der Waals surface area (Å²) in [6.45, 7) is -0.254. The van der Waals surface area contributed by atoms with Gasteiger partial charge in [0.15, 0.2) is 0 Å². The molecule has 0 aliphatic heterocycles. The summed E-state index contributed by atoms with van der Waals surface area (Å²) in [6.07, 6.45) is 1.44. The molecule has 2 N–H and O–H groups in total. The molecule has 1 heterocycles. The van der Waals surface area contributed by atoms with Crippen LogP contribution in [0.25, 0.3) is 0 Å². The average molecular weight is 287 g/mol. The van der Waals surface area contributed by atoms with Crippen LogP contribution in [0.3, 0.4) is 0 Å². The number of carboxylic acid groups (broad SMARTS) is 1. The fraction of sp³-hybridized carbons (Fsp3) is 0.0714. The molecule has 0 aliphatic carbocycles. The number of hydrogen-bond acceptors (Lipinski definition) is 3. The first-order valence-corrected chi connectivity index (χ1v) is 5.90. The summed E-state index contributed by atoms with van der Waals surface area (Å²) in [5.41, 5.74) is -0.256. The van der Waals surface area contributed by atoms with Gasteiger partial charge in [-0.1, -0.05) is 6.07 Å². The summed E-state index contributed by atoms with van der Waals surface area (Å²) in [5.74, 6) is -2.45. The van der Waals surface area contributed by atoms with Crippen LogP contribution in [-0.4, -0.2) is 21.6 Å². The van der Waals surface area contributed by atoms with E-state index in [4.69, 9.17) is 10.4 Å². The molecule has 21 heavy (non-hydrogen) atoms. The van der Waals surface area contributed by atoms with E-state index in [0.29, 0.717) is 0 Å². The first kappa shape index (κ1) is 14.3. The van der Waals surface area contributed by atoms with Crippen molar-refractivity contribution in [1.82, 2.24) is 4.57 Å². The quantitative estimate of drug-likeness (QED) is 0.896. The Morgan fingerprint density at radius 2 is 2.10 bits per heavy atom. The summed E-state index contributed by atoms with van der Waals surface area (Å²) in [4.78, 5) is 22.8. The standard InChI is InChI=1S/C14H10FN3O3/c15-10-3-1-4-11(9(10)7-16)17-13(19)8-18-6-2-5-12(18)14(20)21/h1-6H,8H2,(H,17,19)(H,20,21). The summed E-state index contributed by atoms with van der Waals surface area (Å²) in [5, 5.41) is 20.2. The number of carbonyl (C=O) groups excluding carboxylic acids is 1. The maximum absolute atomic E-state index is 13.4. The number of benzene rings is 1. The number of nitrogens with one attached hydrogen (secondary N) is 1. The van der Waals surface area contributed by atoms with Crippen molar-refractivity contribution in [3.63, 3.8) is 0 Å². The summed E-state index contributed by atoms with van der Waals surface area (Å²) < 4.78 is 14.6. The zero-order valence-corrected chi connectivity index (χ0v) is 10.7. The fourth-order valence-corrected chi connectivity index (χ4v) is 1.83. The number of carboxylic acids is 1. The van der Waals surface area contributed by atoms with Crippen molar-refractivity contribution in [3.05, 3.63) is 53.6 Å². The van der Waals surface area contributed by atoms with Crippen LogP contribution in [0.1, 0.15) is 16.1 Å². The van der Waals surface area contributed by atoms with Crippen molar-refractivity contribution < 1.29 is 19.1 Å². The van der Waals surface area contributed by atoms with Crippen molar-refractivity contribution in [2.24, 2.45) is 0 Å². The molecular formula is C14H10FN3O3. The summed E-state index contributed by atoms with van der Waals surface area (Å²) >= 11 is 0. The van der Waals surface area contributed by atoms with Gasteiger partial charge in [-0.3, -0.25) is 4.79 Å². The van der Waals surface area contributed by atoms with Crippen LogP contribution in [0, 0.1) is 17.1 Å². The minimum absolute atomic E-state index is 0.0371. The maximum atomic E-state index is 13.4. The third-order valence-corrected chi connectivity index (χ3v) is 2.76. The van der Waals surface area contributed by atoms with Gasteiger partial charge >= 0.3 is 5.97 Å². The van der Waals surface area contributed by atoms with Gasteiger partial charge in [-0.25, -0.2) is 9.18 Å². The molecule has 0 unspecified atom stereocenters. The second-order valence-corrected chi connectivity index (χ2v) is 4.15. The molecule has 0 spiro atoms. The van der Waals surface area contributed by atoms with Crippen LogP contribution in [0.15, 0.2) is 36.5 Å². The molecule has 0 aliphatic rings. The van der Waals surface area contributed by atoms with E-state index in [1.807, 2.05) is 0 Å². The number of aromatic carboxylic acids is 1. The highest BCUT2D eigenvalue weighted by Crippen LogP contribution is 2.17. The first-order valence-electron chi connectivity index (χ1n) is 5.90. The van der Waals surface area contributed by atoms with Gasteiger partial charge in [-0.2, -0.15) is 5.26 Å². The van der Waals surface area contributed by atoms with E-state index in [9.17, 15) is 14.0 Å². The molecule has 0 fully saturated rings. The zero-order valence-electron chi connectivity index (χ0n) is 10.7. The maximum Gasteiger partial charge on any atom is 0.352 e. The Labute approximate surface area is 119 Å². The van der Waals surface area contributed by atoms with Gasteiger partial charge in [-0.15, -0.1) is 0 Å². The first-order chi connectivity index (χ1) is 10.0. The number of anilines is 1. The highest BCUT2D eigenvalue weighted by molar-refractivity contribution is 5.93. The lowest BCUT2D eigenvalue weighted by molar-refractivity contribution is -0.116. The van der Waals surface area contributed by atoms with Gasteiger partial charge in [0.25, 0.3) is 0 Å². The molecule has 1 aromatic carbocycles. The van der Waals surface area contributed by atoms with E-state index in [1.54, 1.807) is 6.07 Å². The number of rotatable bonds is 4. The number of halogens is 1. The fourth-order valence-electron chi connectivity index (χ4n) is 1.83. The third kappa shape index (κ3) is 3.06. The summed E-state index contributed by atoms with van der Waals surface area (Å²) in [7, 11) is 0. The minimum Gasteiger partial charge on any atom is -0.477 e. The Hall–Kier alpha value is -3.14. The third-order valence-electron chi connectivity index (χ3n) is 2.76. The predicted molar refractivity (Wildman–Crippen MR) is 71.1 cm³/mol. The van der Waals surface area contributed by atoms with Gasteiger partial charge in [0, 0.05) is 6.20 Å². The molecule has 2 aromatic rings. The number of carbonyl (C=O) groups is 2. The molecule has 1 amide bonds. The number of aromatic nitrogens is 1. The summed E-state index contributed by atoms with van der Waals surface area (Å²) in [6, 6.07) is 8.40. The van der Waals surface area contributed by atoms with Gasteiger partial charge in [0.05, 0.1) is 5.69 Å². The molecule has 0 bridgehead atoms. The molecule has 0 saturated heterocycles. The van der Waals surface area contributed by atoms with Crippen LogP contribution < -0.4 is 5.32 Å². The van der Waals surface area contributed by atoms with Crippen molar-refractivity contribution in [2.45, 2.75) is 6.54 Å². The van der Waals surface area contributed by atoms with Gasteiger partial charge in [-0.05, 0) is 24.3 Å². The zero-order chi connectivity index (χ0) is 15.4. The van der Waals surface area contributed by atoms with Gasteiger partial charge in [0.1, 0.15) is 29.7 Å². The number of nitriles is 1. The molecule has 7 heteroatoms. The molecular weight excluding hydrogens is 277 g/mol. The van der Waals surface area contributed by atoms with Gasteiger partial charge < -0.3 is 15.0 Å². The molecule has 0 saturated carbocycles. The minimum atomic E-state index is -1.16. The molecule has 0 radical (unpaired) electrons. The largest absolute Gasteiger partial charge is 0.477 e. The van der Waals surface area contributed by atoms with E-state index in [2.05, 4.69) is 5.32 Å². The van der Waals surface area contributed by atoms with Crippen molar-refractivity contribution in [3.8, 4) is 6.07 Å². The average Bonchev–Trinajstić information content (AvgIpc) is 2.87. The predicted octanol–water partition coefficient (Wildman–Crippen LogP) is 1.84. The SMILES string of the molecule is N#Cc1c(F)cccc1NC(=O)Cn1cccc1C(=O)O. The number of amides is 1. The lowest BCUT2D eigenvalue weighted by Crippen LogP contribution is -2.21. The molecule has 6 nitrogen and oxygen atoms in total. The van der Waals surface area contributed by atoms with Crippen LogP contribution in [0.4, 0.5) is 10.1 Å².